The highest BCUT2D eigenvalue weighted by atomic mass is 32.2. The van der Waals surface area contributed by atoms with E-state index < -0.39 is 20.0 Å². The van der Waals surface area contributed by atoms with Gasteiger partial charge in [0.1, 0.15) is 9.84 Å². The lowest BCUT2D eigenvalue weighted by atomic mass is 10.4. The van der Waals surface area contributed by atoms with E-state index in [-0.39, 0.29) is 12.3 Å². The third-order valence-corrected chi connectivity index (χ3v) is 4.36. The maximum atomic E-state index is 11.5. The molecule has 0 unspecified atom stereocenters. The molecule has 98 valence electrons. The molecule has 0 aliphatic heterocycles. The van der Waals surface area contributed by atoms with Crippen LogP contribution in [0.5, 0.6) is 0 Å². The monoisotopic (exact) mass is 273 g/mol. The number of hydrogen-bond donors (Lipinski definition) is 2. The number of nitrogens with zero attached hydrogens (tertiary/aromatic N) is 1. The van der Waals surface area contributed by atoms with Crippen molar-refractivity contribution in [3.05, 3.63) is 0 Å². The van der Waals surface area contributed by atoms with E-state index in [2.05, 4.69) is 4.72 Å². The zero-order valence-electron chi connectivity index (χ0n) is 9.51. The Morgan fingerprint density at radius 2 is 1.81 bits per heavy atom. The first-order valence-electron chi connectivity index (χ1n) is 4.78. The third-order valence-electron chi connectivity index (χ3n) is 1.84. The molecule has 0 heterocycles. The fraction of sp³-hybridized carbons (Fsp3) is 1.00. The topological polar surface area (TPSA) is 110 Å². The molecule has 0 aromatic carbocycles. The first-order chi connectivity index (χ1) is 7.19. The Bertz CT molecular complexity index is 390. The van der Waals surface area contributed by atoms with Gasteiger partial charge in [-0.1, -0.05) is 0 Å². The van der Waals surface area contributed by atoms with Gasteiger partial charge in [-0.3, -0.25) is 0 Å². The number of hydrogen-bond acceptors (Lipinski definition) is 5. The second-order valence-corrected chi connectivity index (χ2v) is 7.61. The quantitative estimate of drug-likeness (QED) is 0.539. The summed E-state index contributed by atoms with van der Waals surface area (Å²) in [5.41, 5.74) is 5.26. The van der Waals surface area contributed by atoms with Crippen molar-refractivity contribution in [2.75, 3.05) is 38.7 Å². The van der Waals surface area contributed by atoms with Crippen LogP contribution in [0, 0.1) is 0 Å². The highest BCUT2D eigenvalue weighted by Gasteiger charge is 2.16. The van der Waals surface area contributed by atoms with Gasteiger partial charge in [-0.05, 0) is 13.0 Å². The molecule has 0 radical (unpaired) electrons. The van der Waals surface area contributed by atoms with E-state index in [0.29, 0.717) is 19.5 Å². The molecule has 0 fully saturated rings. The van der Waals surface area contributed by atoms with Gasteiger partial charge < -0.3 is 5.73 Å². The summed E-state index contributed by atoms with van der Waals surface area (Å²) in [7, 11) is -5.33. The van der Waals surface area contributed by atoms with Crippen molar-refractivity contribution in [1.82, 2.24) is 9.03 Å². The van der Waals surface area contributed by atoms with Gasteiger partial charge in [0.2, 0.25) is 0 Å². The molecular weight excluding hydrogens is 254 g/mol. The first-order valence-corrected chi connectivity index (χ1v) is 8.28. The zero-order chi connectivity index (χ0) is 12.8. The second kappa shape index (κ2) is 6.50. The average Bonchev–Trinajstić information content (AvgIpc) is 2.11. The lowest BCUT2D eigenvalue weighted by Crippen LogP contribution is -2.40. The minimum absolute atomic E-state index is 0.117. The summed E-state index contributed by atoms with van der Waals surface area (Å²) in [6.07, 6.45) is 1.61. The molecule has 0 rings (SSSR count). The van der Waals surface area contributed by atoms with Gasteiger partial charge in [-0.2, -0.15) is 12.7 Å². The normalized spacial score (nSPS) is 13.2. The molecule has 0 aromatic rings. The lowest BCUT2D eigenvalue weighted by Gasteiger charge is -2.16. The number of nitrogens with one attached hydrogen (secondary N) is 1. The van der Waals surface area contributed by atoms with E-state index in [0.717, 1.165) is 10.6 Å². The molecule has 0 aromatic heterocycles. The highest BCUT2D eigenvalue weighted by Crippen LogP contribution is 1.95. The van der Waals surface area contributed by atoms with Crippen LogP contribution in [0.3, 0.4) is 0 Å². The molecule has 0 aliphatic carbocycles. The van der Waals surface area contributed by atoms with Crippen LogP contribution >= 0.6 is 0 Å². The Morgan fingerprint density at radius 3 is 2.25 bits per heavy atom. The van der Waals surface area contributed by atoms with Crippen LogP contribution in [0.1, 0.15) is 6.42 Å². The number of sulfone groups is 1. The van der Waals surface area contributed by atoms with E-state index >= 15 is 0 Å². The third kappa shape index (κ3) is 7.12. The van der Waals surface area contributed by atoms with Crippen LogP contribution < -0.4 is 10.5 Å². The molecule has 0 saturated carbocycles. The predicted octanol–water partition coefficient (Wildman–Crippen LogP) is -1.85. The van der Waals surface area contributed by atoms with Crippen LogP contribution in [0.2, 0.25) is 0 Å². The van der Waals surface area contributed by atoms with E-state index in [9.17, 15) is 16.8 Å². The Morgan fingerprint density at radius 1 is 1.25 bits per heavy atom. The van der Waals surface area contributed by atoms with Crippen molar-refractivity contribution in [1.29, 1.82) is 0 Å². The summed E-state index contributed by atoms with van der Waals surface area (Å²) < 4.78 is 47.9. The van der Waals surface area contributed by atoms with Crippen LogP contribution in [0.15, 0.2) is 0 Å². The maximum Gasteiger partial charge on any atom is 0.279 e. The number of rotatable bonds is 8. The van der Waals surface area contributed by atoms with Crippen LogP contribution in [-0.4, -0.2) is 59.8 Å². The lowest BCUT2D eigenvalue weighted by molar-refractivity contribution is 0.454. The maximum absolute atomic E-state index is 11.5. The molecule has 7 nitrogen and oxygen atoms in total. The molecule has 0 bridgehead atoms. The Hall–Kier alpha value is -0.220. The average molecular weight is 273 g/mol. The largest absolute Gasteiger partial charge is 0.330 e. The summed E-state index contributed by atoms with van der Waals surface area (Å²) in [6.45, 7) is 0.599. The fourth-order valence-corrected chi connectivity index (χ4v) is 2.45. The van der Waals surface area contributed by atoms with Crippen molar-refractivity contribution in [3.63, 3.8) is 0 Å². The molecular formula is C7H19N3O4S2. The van der Waals surface area contributed by atoms with Gasteiger partial charge in [-0.15, -0.1) is 0 Å². The standard InChI is InChI=1S/C7H19N3O4S2/c1-10(6-3-4-8)16(13,14)9-5-7-15(2,11)12/h9H,3-8H2,1-2H3. The summed E-state index contributed by atoms with van der Waals surface area (Å²) >= 11 is 0. The summed E-state index contributed by atoms with van der Waals surface area (Å²) in [5, 5.41) is 0. The molecule has 16 heavy (non-hydrogen) atoms. The second-order valence-electron chi connectivity index (χ2n) is 3.49. The van der Waals surface area contributed by atoms with Gasteiger partial charge in [0, 0.05) is 26.4 Å². The van der Waals surface area contributed by atoms with Crippen molar-refractivity contribution >= 4 is 20.0 Å². The summed E-state index contributed by atoms with van der Waals surface area (Å²) in [6, 6.07) is 0. The Kier molecular flexibility index (Phi) is 6.41. The highest BCUT2D eigenvalue weighted by molar-refractivity contribution is 7.90. The van der Waals surface area contributed by atoms with Crippen molar-refractivity contribution in [3.8, 4) is 0 Å². The predicted molar refractivity (Wildman–Crippen MR) is 62.9 cm³/mol. The minimum Gasteiger partial charge on any atom is -0.330 e. The van der Waals surface area contributed by atoms with Gasteiger partial charge in [0.05, 0.1) is 5.75 Å². The zero-order valence-corrected chi connectivity index (χ0v) is 11.1. The number of nitrogens with two attached hydrogens (primary N) is 1. The molecule has 0 saturated heterocycles. The molecule has 0 atom stereocenters. The van der Waals surface area contributed by atoms with Gasteiger partial charge in [0.15, 0.2) is 0 Å². The summed E-state index contributed by atoms with van der Waals surface area (Å²) in [4.78, 5) is 0. The van der Waals surface area contributed by atoms with E-state index in [1.54, 1.807) is 0 Å². The molecule has 0 spiro atoms. The molecule has 0 aliphatic rings. The van der Waals surface area contributed by atoms with Gasteiger partial charge in [-0.25, -0.2) is 13.1 Å². The smallest absolute Gasteiger partial charge is 0.279 e. The summed E-state index contributed by atoms with van der Waals surface area (Å²) in [5.74, 6) is -0.211. The Balaban J connectivity index is 4.15. The Labute approximate surface area is 97.1 Å². The van der Waals surface area contributed by atoms with E-state index in [1.807, 2.05) is 0 Å². The minimum atomic E-state index is -3.59. The van der Waals surface area contributed by atoms with Gasteiger partial charge in [0.25, 0.3) is 10.2 Å². The van der Waals surface area contributed by atoms with Crippen LogP contribution in [0.4, 0.5) is 0 Å². The molecule has 9 heteroatoms. The van der Waals surface area contributed by atoms with E-state index in [1.165, 1.54) is 7.05 Å². The van der Waals surface area contributed by atoms with Crippen LogP contribution in [-0.2, 0) is 20.0 Å². The SMILES string of the molecule is CN(CCCN)S(=O)(=O)NCCS(C)(=O)=O. The van der Waals surface area contributed by atoms with Crippen molar-refractivity contribution in [2.24, 2.45) is 5.73 Å². The van der Waals surface area contributed by atoms with Crippen molar-refractivity contribution in [2.45, 2.75) is 6.42 Å². The fourth-order valence-electron chi connectivity index (χ4n) is 0.900. The van der Waals surface area contributed by atoms with Gasteiger partial charge >= 0.3 is 0 Å². The molecule has 3 N–H and O–H groups in total. The first kappa shape index (κ1) is 15.8. The van der Waals surface area contributed by atoms with E-state index in [4.69, 9.17) is 5.73 Å². The molecule has 0 amide bonds. The van der Waals surface area contributed by atoms with Crippen molar-refractivity contribution < 1.29 is 16.8 Å². The van der Waals surface area contributed by atoms with Crippen LogP contribution in [0.25, 0.3) is 0 Å².